The second-order valence-corrected chi connectivity index (χ2v) is 7.65. The van der Waals surface area contributed by atoms with E-state index in [1.807, 2.05) is 37.6 Å². The van der Waals surface area contributed by atoms with Crippen molar-refractivity contribution < 1.29 is 9.47 Å². The van der Waals surface area contributed by atoms with Gasteiger partial charge in [0.25, 0.3) is 0 Å². The summed E-state index contributed by atoms with van der Waals surface area (Å²) in [4.78, 5) is 7.21. The summed E-state index contributed by atoms with van der Waals surface area (Å²) in [7, 11) is 3.66. The number of benzene rings is 1. The maximum absolute atomic E-state index is 5.63. The fourth-order valence-electron chi connectivity index (χ4n) is 3.56. The van der Waals surface area contributed by atoms with Gasteiger partial charge in [0.1, 0.15) is 18.1 Å². The molecule has 0 radical (unpaired) electrons. The quantitative estimate of drug-likeness (QED) is 0.299. The largest absolute Gasteiger partial charge is 0.497 e. The maximum atomic E-state index is 5.63. The molecule has 9 heteroatoms. The Balaban J connectivity index is 0.00000341. The average Bonchev–Trinajstić information content (AvgIpc) is 3.36. The van der Waals surface area contributed by atoms with Crippen LogP contribution in [0.15, 0.2) is 29.3 Å². The van der Waals surface area contributed by atoms with Crippen LogP contribution < -0.4 is 10.1 Å². The van der Waals surface area contributed by atoms with Gasteiger partial charge >= 0.3 is 0 Å². The van der Waals surface area contributed by atoms with Crippen LogP contribution in [0.5, 0.6) is 5.75 Å². The van der Waals surface area contributed by atoms with Crippen LogP contribution in [0.4, 0.5) is 0 Å². The predicted octanol–water partition coefficient (Wildman–Crippen LogP) is 2.80. The fraction of sp³-hybridized carbons (Fsp3) is 0.591. The van der Waals surface area contributed by atoms with E-state index in [1.54, 1.807) is 7.11 Å². The van der Waals surface area contributed by atoms with Crippen molar-refractivity contribution in [2.24, 2.45) is 18.0 Å². The summed E-state index contributed by atoms with van der Waals surface area (Å²) in [5, 5.41) is 11.9. The number of nitrogens with zero attached hydrogens (tertiary/aromatic N) is 5. The number of likely N-dealkylation sites (tertiary alicyclic amines) is 1. The Morgan fingerprint density at radius 2 is 2.03 bits per heavy atom. The zero-order chi connectivity index (χ0) is 21.3. The first-order valence-corrected chi connectivity index (χ1v) is 10.7. The number of methoxy groups -OCH3 is 1. The number of hydrogen-bond acceptors (Lipinski definition) is 5. The molecule has 8 nitrogen and oxygen atoms in total. The van der Waals surface area contributed by atoms with E-state index in [0.717, 1.165) is 69.0 Å². The zero-order valence-electron chi connectivity index (χ0n) is 19.0. The van der Waals surface area contributed by atoms with E-state index >= 15 is 0 Å². The number of rotatable bonds is 9. The Bertz CT molecular complexity index is 824. The molecule has 0 bridgehead atoms. The molecule has 0 spiro atoms. The van der Waals surface area contributed by atoms with Gasteiger partial charge in [0.15, 0.2) is 11.8 Å². The number of hydrogen-bond donors (Lipinski definition) is 1. The lowest BCUT2D eigenvalue weighted by molar-refractivity contribution is 0.114. The van der Waals surface area contributed by atoms with Crippen LogP contribution >= 0.6 is 24.0 Å². The Labute approximate surface area is 202 Å². The van der Waals surface area contributed by atoms with Crippen molar-refractivity contribution in [3.63, 3.8) is 0 Å². The number of aryl methyl sites for hydroxylation is 1. The molecule has 1 saturated heterocycles. The van der Waals surface area contributed by atoms with Crippen LogP contribution in [0.2, 0.25) is 0 Å². The van der Waals surface area contributed by atoms with Crippen LogP contribution in [0, 0.1) is 12.8 Å². The van der Waals surface area contributed by atoms with E-state index < -0.39 is 0 Å². The molecule has 1 atom stereocenters. The molecule has 31 heavy (non-hydrogen) atoms. The third-order valence-corrected chi connectivity index (χ3v) is 5.55. The summed E-state index contributed by atoms with van der Waals surface area (Å²) < 4.78 is 12.9. The molecular formula is C22H35IN6O2. The standard InChI is InChI=1S/C22H34N6O2.HI/c1-5-30-16-19-11-13-28(15-19)22(24-14-21-26-25-17(2)27(21)3)23-12-10-18-6-8-20(29-4)9-7-18;/h6-9,19H,5,10-16H2,1-4H3,(H,23,24);1H. The number of aromatic nitrogens is 3. The predicted molar refractivity (Wildman–Crippen MR) is 133 cm³/mol. The molecule has 1 N–H and O–H groups in total. The zero-order valence-corrected chi connectivity index (χ0v) is 21.3. The van der Waals surface area contributed by atoms with Crippen molar-refractivity contribution in [2.75, 3.05) is 40.0 Å². The Morgan fingerprint density at radius 1 is 1.26 bits per heavy atom. The molecular weight excluding hydrogens is 507 g/mol. The Morgan fingerprint density at radius 3 is 2.68 bits per heavy atom. The molecule has 1 aromatic carbocycles. The topological polar surface area (TPSA) is 76.8 Å². The van der Waals surface area contributed by atoms with E-state index in [0.29, 0.717) is 12.5 Å². The molecule has 1 aliphatic rings. The third kappa shape index (κ3) is 7.34. The van der Waals surface area contributed by atoms with E-state index in [-0.39, 0.29) is 24.0 Å². The second kappa shape index (κ2) is 12.8. The lowest BCUT2D eigenvalue weighted by atomic mass is 10.1. The summed E-state index contributed by atoms with van der Waals surface area (Å²) in [6, 6.07) is 8.21. The second-order valence-electron chi connectivity index (χ2n) is 7.65. The van der Waals surface area contributed by atoms with Gasteiger partial charge in [0, 0.05) is 39.2 Å². The summed E-state index contributed by atoms with van der Waals surface area (Å²) in [6.45, 7) is 8.86. The fourth-order valence-corrected chi connectivity index (χ4v) is 3.56. The first kappa shape index (κ1) is 25.4. The van der Waals surface area contributed by atoms with Crippen molar-refractivity contribution in [1.82, 2.24) is 25.0 Å². The molecule has 2 aromatic rings. The maximum Gasteiger partial charge on any atom is 0.194 e. The van der Waals surface area contributed by atoms with Crippen LogP contribution in [0.1, 0.15) is 30.6 Å². The number of nitrogens with one attached hydrogen (secondary N) is 1. The van der Waals surface area contributed by atoms with Gasteiger partial charge in [-0.1, -0.05) is 12.1 Å². The molecule has 0 saturated carbocycles. The van der Waals surface area contributed by atoms with Gasteiger partial charge in [-0.15, -0.1) is 34.2 Å². The molecule has 3 rings (SSSR count). The summed E-state index contributed by atoms with van der Waals surface area (Å²) in [5.74, 6) is 4.13. The first-order valence-electron chi connectivity index (χ1n) is 10.7. The highest BCUT2D eigenvalue weighted by molar-refractivity contribution is 14.0. The number of halogens is 1. The normalized spacial score (nSPS) is 16.3. The number of ether oxygens (including phenoxy) is 2. The molecule has 0 amide bonds. The molecule has 172 valence electrons. The minimum Gasteiger partial charge on any atom is -0.497 e. The Kier molecular flexibility index (Phi) is 10.5. The van der Waals surface area contributed by atoms with Crippen molar-refractivity contribution in [2.45, 2.75) is 33.2 Å². The molecule has 1 unspecified atom stereocenters. The molecule has 1 fully saturated rings. The van der Waals surface area contributed by atoms with Gasteiger partial charge in [-0.3, -0.25) is 0 Å². The summed E-state index contributed by atoms with van der Waals surface area (Å²) >= 11 is 0. The van der Waals surface area contributed by atoms with Crippen molar-refractivity contribution in [1.29, 1.82) is 0 Å². The minimum absolute atomic E-state index is 0. The third-order valence-electron chi connectivity index (χ3n) is 5.55. The van der Waals surface area contributed by atoms with Gasteiger partial charge < -0.3 is 24.3 Å². The van der Waals surface area contributed by atoms with Gasteiger partial charge in [-0.2, -0.15) is 0 Å². The lowest BCUT2D eigenvalue weighted by Gasteiger charge is -2.22. The number of guanidine groups is 1. The van der Waals surface area contributed by atoms with Crippen LogP contribution in [0.25, 0.3) is 0 Å². The highest BCUT2D eigenvalue weighted by Gasteiger charge is 2.25. The average molecular weight is 542 g/mol. The van der Waals surface area contributed by atoms with Gasteiger partial charge in [0.2, 0.25) is 0 Å². The van der Waals surface area contributed by atoms with Crippen molar-refractivity contribution >= 4 is 29.9 Å². The Hall–Kier alpha value is -1.88. The molecule has 1 aliphatic heterocycles. The molecule has 2 heterocycles. The summed E-state index contributed by atoms with van der Waals surface area (Å²) in [5.41, 5.74) is 1.27. The molecule has 0 aliphatic carbocycles. The van der Waals surface area contributed by atoms with Gasteiger partial charge in [-0.25, -0.2) is 4.99 Å². The smallest absolute Gasteiger partial charge is 0.194 e. The van der Waals surface area contributed by atoms with Crippen molar-refractivity contribution in [3.8, 4) is 5.75 Å². The minimum atomic E-state index is 0. The highest BCUT2D eigenvalue weighted by atomic mass is 127. The van der Waals surface area contributed by atoms with Crippen LogP contribution in [-0.2, 0) is 24.8 Å². The van der Waals surface area contributed by atoms with Gasteiger partial charge in [0.05, 0.1) is 13.7 Å². The SMILES string of the molecule is CCOCC1CCN(C(=NCc2nnc(C)n2C)NCCc2ccc(OC)cc2)C1.I. The summed E-state index contributed by atoms with van der Waals surface area (Å²) in [6.07, 6.45) is 2.05. The van der Waals surface area contributed by atoms with E-state index in [9.17, 15) is 0 Å². The lowest BCUT2D eigenvalue weighted by Crippen LogP contribution is -2.41. The monoisotopic (exact) mass is 542 g/mol. The van der Waals surface area contributed by atoms with Gasteiger partial charge in [-0.05, 0) is 44.4 Å². The highest BCUT2D eigenvalue weighted by Crippen LogP contribution is 2.17. The van der Waals surface area contributed by atoms with E-state index in [1.165, 1.54) is 5.56 Å². The van der Waals surface area contributed by atoms with Crippen LogP contribution in [0.3, 0.4) is 0 Å². The van der Waals surface area contributed by atoms with Crippen LogP contribution in [-0.4, -0.2) is 65.6 Å². The van der Waals surface area contributed by atoms with E-state index in [2.05, 4.69) is 32.5 Å². The molecule has 1 aromatic heterocycles. The number of aliphatic imine (C=N–C) groups is 1. The van der Waals surface area contributed by atoms with E-state index in [4.69, 9.17) is 14.5 Å². The first-order chi connectivity index (χ1) is 14.6. The van der Waals surface area contributed by atoms with Crippen molar-refractivity contribution in [3.05, 3.63) is 41.5 Å².